The van der Waals surface area contributed by atoms with Gasteiger partial charge in [0.05, 0.1) is 33.5 Å². The Hall–Kier alpha value is -6.56. The van der Waals surface area contributed by atoms with Gasteiger partial charge in [0.15, 0.2) is 5.82 Å². The van der Waals surface area contributed by atoms with Gasteiger partial charge in [0.1, 0.15) is 8.07 Å². The van der Waals surface area contributed by atoms with Crippen LogP contribution in [-0.4, -0.2) is 27.2 Å². The molecule has 3 aromatic heterocycles. The molecule has 1 aliphatic heterocycles. The van der Waals surface area contributed by atoms with E-state index < -0.39 is 8.07 Å². The lowest BCUT2D eigenvalue weighted by Gasteiger charge is -2.22. The standard InChI is InChI=1S/C48H34N4Si/c1-53(2)42-30-34(26-27-38(42)45-47(53)44(31-16-6-3-7-17-31)49-48(50-45)32-18-8-4-9-19-32)51-40-25-15-13-23-37(40)43-41(51)29-28-36-35-22-12-14-24-39(35)52(46(36)43)33-20-10-5-11-21-33/h3-30H,1-2H3. The summed E-state index contributed by atoms with van der Waals surface area (Å²) in [6.07, 6.45) is 0. The Labute approximate surface area is 308 Å². The van der Waals surface area contributed by atoms with E-state index in [1.165, 1.54) is 65.2 Å². The molecule has 4 heterocycles. The number of aromatic nitrogens is 4. The summed E-state index contributed by atoms with van der Waals surface area (Å²) in [5.41, 5.74) is 12.7. The molecule has 7 aromatic carbocycles. The zero-order valence-corrected chi connectivity index (χ0v) is 30.5. The van der Waals surface area contributed by atoms with E-state index in [0.29, 0.717) is 0 Å². The Bertz CT molecular complexity index is 3070. The van der Waals surface area contributed by atoms with E-state index in [1.54, 1.807) is 0 Å². The molecule has 0 N–H and O–H groups in total. The quantitative estimate of drug-likeness (QED) is 0.172. The summed E-state index contributed by atoms with van der Waals surface area (Å²) in [5.74, 6) is 0.769. The summed E-state index contributed by atoms with van der Waals surface area (Å²) < 4.78 is 4.93. The van der Waals surface area contributed by atoms with Gasteiger partial charge >= 0.3 is 0 Å². The normalized spacial score (nSPS) is 13.2. The largest absolute Gasteiger partial charge is 0.309 e. The van der Waals surface area contributed by atoms with Crippen LogP contribution in [0.4, 0.5) is 0 Å². The molecule has 0 aliphatic carbocycles. The highest BCUT2D eigenvalue weighted by Crippen LogP contribution is 2.42. The maximum atomic E-state index is 5.35. The van der Waals surface area contributed by atoms with Crippen LogP contribution in [-0.2, 0) is 0 Å². The predicted molar refractivity (Wildman–Crippen MR) is 224 cm³/mol. The fourth-order valence-corrected chi connectivity index (χ4v) is 12.2. The van der Waals surface area contributed by atoms with Crippen molar-refractivity contribution in [3.8, 4) is 45.3 Å². The van der Waals surface area contributed by atoms with Crippen molar-refractivity contribution in [1.29, 1.82) is 0 Å². The number of hydrogen-bond donors (Lipinski definition) is 0. The maximum Gasteiger partial charge on any atom is 0.160 e. The van der Waals surface area contributed by atoms with Crippen molar-refractivity contribution < 1.29 is 0 Å². The minimum absolute atomic E-state index is 0.769. The summed E-state index contributed by atoms with van der Waals surface area (Å²) in [5, 5.41) is 7.75. The molecule has 0 atom stereocenters. The molecular weight excluding hydrogens is 661 g/mol. The molecule has 4 nitrogen and oxygen atoms in total. The van der Waals surface area contributed by atoms with Crippen molar-refractivity contribution in [3.05, 3.63) is 170 Å². The third-order valence-electron chi connectivity index (χ3n) is 11.3. The highest BCUT2D eigenvalue weighted by Gasteiger charge is 2.42. The lowest BCUT2D eigenvalue weighted by molar-refractivity contribution is 1.17. The van der Waals surface area contributed by atoms with E-state index in [1.807, 2.05) is 6.07 Å². The van der Waals surface area contributed by atoms with E-state index in [-0.39, 0.29) is 0 Å². The topological polar surface area (TPSA) is 35.6 Å². The van der Waals surface area contributed by atoms with Gasteiger partial charge in [-0.15, -0.1) is 0 Å². The summed E-state index contributed by atoms with van der Waals surface area (Å²) in [6.45, 7) is 4.93. The van der Waals surface area contributed by atoms with Crippen molar-refractivity contribution in [2.75, 3.05) is 0 Å². The van der Waals surface area contributed by atoms with E-state index in [0.717, 1.165) is 34.0 Å². The Morgan fingerprint density at radius 1 is 0.453 bits per heavy atom. The first-order chi connectivity index (χ1) is 26.1. The van der Waals surface area contributed by atoms with E-state index >= 15 is 0 Å². The molecule has 53 heavy (non-hydrogen) atoms. The van der Waals surface area contributed by atoms with Gasteiger partial charge in [-0.3, -0.25) is 0 Å². The SMILES string of the molecule is C[Si]1(C)c2cc(-n3c4ccccc4c4c3ccc3c5ccccc5n(-c5ccccc5)c34)ccc2-c2nc(-c3ccccc3)nc(-c3ccccc3)c21. The molecule has 0 spiro atoms. The van der Waals surface area contributed by atoms with Crippen LogP contribution >= 0.6 is 0 Å². The monoisotopic (exact) mass is 694 g/mol. The number of para-hydroxylation sites is 3. The Balaban J connectivity index is 1.19. The van der Waals surface area contributed by atoms with Crippen molar-refractivity contribution in [2.45, 2.75) is 13.1 Å². The predicted octanol–water partition coefficient (Wildman–Crippen LogP) is 10.8. The smallest absolute Gasteiger partial charge is 0.160 e. The molecule has 0 radical (unpaired) electrons. The van der Waals surface area contributed by atoms with Crippen LogP contribution in [0.15, 0.2) is 170 Å². The minimum Gasteiger partial charge on any atom is -0.309 e. The average Bonchev–Trinajstić information content (AvgIpc) is 3.81. The van der Waals surface area contributed by atoms with Gasteiger partial charge in [0.2, 0.25) is 0 Å². The minimum atomic E-state index is -2.27. The summed E-state index contributed by atoms with van der Waals surface area (Å²) in [4.78, 5) is 10.7. The second-order valence-electron chi connectivity index (χ2n) is 14.6. The number of rotatable bonds is 4. The average molecular weight is 695 g/mol. The first-order valence-electron chi connectivity index (χ1n) is 18.3. The number of nitrogens with zero attached hydrogens (tertiary/aromatic N) is 4. The zero-order chi connectivity index (χ0) is 35.3. The number of benzene rings is 7. The van der Waals surface area contributed by atoms with Crippen molar-refractivity contribution in [1.82, 2.24) is 19.1 Å². The van der Waals surface area contributed by atoms with Gasteiger partial charge in [-0.25, -0.2) is 9.97 Å². The van der Waals surface area contributed by atoms with Crippen LogP contribution in [0, 0.1) is 0 Å². The first-order valence-corrected chi connectivity index (χ1v) is 21.3. The van der Waals surface area contributed by atoms with Crippen LogP contribution < -0.4 is 10.4 Å². The van der Waals surface area contributed by atoms with E-state index in [4.69, 9.17) is 9.97 Å². The second kappa shape index (κ2) is 11.2. The Morgan fingerprint density at radius 3 is 1.79 bits per heavy atom. The van der Waals surface area contributed by atoms with Gasteiger partial charge in [0.25, 0.3) is 0 Å². The molecular formula is C48H34N4Si. The molecule has 0 saturated heterocycles. The Morgan fingerprint density at radius 2 is 1.06 bits per heavy atom. The maximum absolute atomic E-state index is 5.35. The molecule has 0 unspecified atom stereocenters. The molecule has 1 aliphatic rings. The molecule has 0 saturated carbocycles. The van der Waals surface area contributed by atoms with E-state index in [2.05, 4.69) is 186 Å². The highest BCUT2D eigenvalue weighted by atomic mass is 28.3. The van der Waals surface area contributed by atoms with Crippen molar-refractivity contribution in [2.24, 2.45) is 0 Å². The highest BCUT2D eigenvalue weighted by molar-refractivity contribution is 7.04. The molecule has 0 fully saturated rings. The van der Waals surface area contributed by atoms with Gasteiger partial charge in [-0.05, 0) is 58.4 Å². The molecule has 5 heteroatoms. The molecule has 11 rings (SSSR count). The summed E-state index contributed by atoms with van der Waals surface area (Å²) in [6, 6.07) is 61.2. The fraction of sp³-hybridized carbons (Fsp3) is 0.0417. The lowest BCUT2D eigenvalue weighted by atomic mass is 10.1. The van der Waals surface area contributed by atoms with Crippen molar-refractivity contribution >= 4 is 62.1 Å². The van der Waals surface area contributed by atoms with Crippen LogP contribution in [0.2, 0.25) is 13.1 Å². The van der Waals surface area contributed by atoms with Gasteiger partial charge in [-0.1, -0.05) is 140 Å². The number of hydrogen-bond acceptors (Lipinski definition) is 2. The molecule has 0 bridgehead atoms. The summed E-state index contributed by atoms with van der Waals surface area (Å²) in [7, 11) is -2.27. The van der Waals surface area contributed by atoms with Crippen LogP contribution in [0.3, 0.4) is 0 Å². The summed E-state index contributed by atoms with van der Waals surface area (Å²) >= 11 is 0. The molecule has 10 aromatic rings. The van der Waals surface area contributed by atoms with Crippen LogP contribution in [0.1, 0.15) is 0 Å². The lowest BCUT2D eigenvalue weighted by Crippen LogP contribution is -2.50. The third-order valence-corrected chi connectivity index (χ3v) is 14.8. The van der Waals surface area contributed by atoms with Gasteiger partial charge in [-0.2, -0.15) is 0 Å². The number of fused-ring (bicyclic) bond motifs is 10. The van der Waals surface area contributed by atoms with Gasteiger partial charge < -0.3 is 9.13 Å². The van der Waals surface area contributed by atoms with E-state index in [9.17, 15) is 0 Å². The molecule has 0 amide bonds. The second-order valence-corrected chi connectivity index (χ2v) is 18.9. The van der Waals surface area contributed by atoms with Crippen LogP contribution in [0.5, 0.6) is 0 Å². The van der Waals surface area contributed by atoms with Crippen LogP contribution in [0.25, 0.3) is 88.9 Å². The first kappa shape index (κ1) is 30.1. The fourth-order valence-electron chi connectivity index (χ4n) is 8.93. The third kappa shape index (κ3) is 4.29. The van der Waals surface area contributed by atoms with Crippen molar-refractivity contribution in [3.63, 3.8) is 0 Å². The Kier molecular flexibility index (Phi) is 6.37. The molecule has 250 valence electrons. The van der Waals surface area contributed by atoms with Gasteiger partial charge in [0, 0.05) is 44.0 Å². The zero-order valence-electron chi connectivity index (χ0n) is 29.5.